The molecule has 0 aliphatic heterocycles. The highest BCUT2D eigenvalue weighted by atomic mass is 35.5. The molecule has 82 valence electrons. The molecule has 3 nitrogen and oxygen atoms in total. The van der Waals surface area contributed by atoms with Crippen molar-refractivity contribution in [2.24, 2.45) is 0 Å². The molecule has 0 aliphatic carbocycles. The highest BCUT2D eigenvalue weighted by Crippen LogP contribution is 2.27. The van der Waals surface area contributed by atoms with Crippen LogP contribution in [0.4, 0.5) is 0 Å². The zero-order chi connectivity index (χ0) is 11.7. The number of Topliss-reactive ketones (excluding diaryl/α,β-unsaturated/α-hetero) is 1. The van der Waals surface area contributed by atoms with Gasteiger partial charge in [0.2, 0.25) is 0 Å². The highest BCUT2D eigenvalue weighted by molar-refractivity contribution is 7.98. The van der Waals surface area contributed by atoms with Gasteiger partial charge >= 0.3 is 0 Å². The first-order chi connectivity index (χ1) is 7.63. The Morgan fingerprint density at radius 2 is 2.06 bits per heavy atom. The SMILES string of the molecule is CSc1ncc(C(C)=O)c2cc(Cl)ncc12. The standard InChI is InChI=1S/C11H9ClN2OS/c1-6(15)8-4-14-11(16-2)9-5-13-10(12)3-7(8)9/h3-5H,1-2H3. The van der Waals surface area contributed by atoms with Gasteiger partial charge < -0.3 is 0 Å². The van der Waals surface area contributed by atoms with Crippen molar-refractivity contribution in [3.63, 3.8) is 0 Å². The Morgan fingerprint density at radius 3 is 2.69 bits per heavy atom. The van der Waals surface area contributed by atoms with E-state index in [9.17, 15) is 4.79 Å². The lowest BCUT2D eigenvalue weighted by atomic mass is 10.1. The van der Waals surface area contributed by atoms with E-state index in [2.05, 4.69) is 9.97 Å². The molecule has 0 spiro atoms. The molecule has 0 aliphatic rings. The second-order valence-electron chi connectivity index (χ2n) is 3.29. The van der Waals surface area contributed by atoms with E-state index in [0.29, 0.717) is 10.7 Å². The molecule has 0 N–H and O–H groups in total. The molecule has 0 aromatic carbocycles. The summed E-state index contributed by atoms with van der Waals surface area (Å²) in [7, 11) is 0. The van der Waals surface area contributed by atoms with E-state index in [1.807, 2.05) is 6.26 Å². The van der Waals surface area contributed by atoms with Gasteiger partial charge in [0.25, 0.3) is 0 Å². The van der Waals surface area contributed by atoms with Crippen LogP contribution in [0, 0.1) is 0 Å². The molecule has 0 radical (unpaired) electrons. The van der Waals surface area contributed by atoms with Gasteiger partial charge in [0.1, 0.15) is 10.2 Å². The monoisotopic (exact) mass is 252 g/mol. The van der Waals surface area contributed by atoms with Crippen molar-refractivity contribution in [3.05, 3.63) is 29.2 Å². The lowest BCUT2D eigenvalue weighted by molar-refractivity contribution is 0.101. The molecule has 2 rings (SSSR count). The third-order valence-corrected chi connectivity index (χ3v) is 3.19. The number of aromatic nitrogens is 2. The third-order valence-electron chi connectivity index (χ3n) is 2.27. The third kappa shape index (κ3) is 1.90. The summed E-state index contributed by atoms with van der Waals surface area (Å²) >= 11 is 7.36. The molecule has 0 unspecified atom stereocenters. The minimum absolute atomic E-state index is 0.0209. The van der Waals surface area contributed by atoms with Crippen LogP contribution in [-0.2, 0) is 0 Å². The van der Waals surface area contributed by atoms with Gasteiger partial charge in [0.05, 0.1) is 0 Å². The number of hydrogen-bond donors (Lipinski definition) is 0. The first kappa shape index (κ1) is 11.4. The second kappa shape index (κ2) is 4.39. The number of fused-ring (bicyclic) bond motifs is 1. The van der Waals surface area contributed by atoms with E-state index in [0.717, 1.165) is 15.8 Å². The van der Waals surface area contributed by atoms with Crippen molar-refractivity contribution in [2.75, 3.05) is 6.26 Å². The van der Waals surface area contributed by atoms with Gasteiger partial charge in [0, 0.05) is 28.7 Å². The molecule has 0 saturated carbocycles. The number of nitrogens with zero attached hydrogens (tertiary/aromatic N) is 2. The fourth-order valence-corrected chi connectivity index (χ4v) is 2.23. The quantitative estimate of drug-likeness (QED) is 0.468. The van der Waals surface area contributed by atoms with Gasteiger partial charge in [-0.3, -0.25) is 4.79 Å². The van der Waals surface area contributed by atoms with Crippen molar-refractivity contribution in [1.82, 2.24) is 9.97 Å². The number of carbonyl (C=O) groups excluding carboxylic acids is 1. The van der Waals surface area contributed by atoms with Crippen LogP contribution in [0.2, 0.25) is 5.15 Å². The fraction of sp³-hybridized carbons (Fsp3) is 0.182. The highest BCUT2D eigenvalue weighted by Gasteiger charge is 2.11. The Labute approximate surface area is 102 Å². The Balaban J connectivity index is 2.85. The van der Waals surface area contributed by atoms with E-state index in [4.69, 9.17) is 11.6 Å². The molecule has 2 aromatic heterocycles. The summed E-state index contributed by atoms with van der Waals surface area (Å²) in [5.41, 5.74) is 0.581. The van der Waals surface area contributed by atoms with Crippen LogP contribution in [-0.4, -0.2) is 22.0 Å². The van der Waals surface area contributed by atoms with Gasteiger partial charge in [-0.25, -0.2) is 9.97 Å². The van der Waals surface area contributed by atoms with E-state index in [-0.39, 0.29) is 5.78 Å². The molecule has 0 saturated heterocycles. The maximum Gasteiger partial charge on any atom is 0.161 e. The number of rotatable bonds is 2. The van der Waals surface area contributed by atoms with Crippen molar-refractivity contribution in [3.8, 4) is 0 Å². The maximum atomic E-state index is 11.5. The van der Waals surface area contributed by atoms with E-state index >= 15 is 0 Å². The van der Waals surface area contributed by atoms with Crippen LogP contribution in [0.25, 0.3) is 10.8 Å². The normalized spacial score (nSPS) is 10.7. The summed E-state index contributed by atoms with van der Waals surface area (Å²) in [6.45, 7) is 1.52. The number of ketones is 1. The number of pyridine rings is 2. The molecular formula is C11H9ClN2OS. The van der Waals surface area contributed by atoms with E-state index in [1.165, 1.54) is 18.7 Å². The van der Waals surface area contributed by atoms with Crippen LogP contribution in [0.1, 0.15) is 17.3 Å². The predicted molar refractivity (Wildman–Crippen MR) is 66.3 cm³/mol. The fourth-order valence-electron chi connectivity index (χ4n) is 1.53. The number of hydrogen-bond acceptors (Lipinski definition) is 4. The van der Waals surface area contributed by atoms with Crippen molar-refractivity contribution >= 4 is 39.9 Å². The molecule has 5 heteroatoms. The Bertz CT molecular complexity index is 571. The van der Waals surface area contributed by atoms with E-state index < -0.39 is 0 Å². The zero-order valence-electron chi connectivity index (χ0n) is 8.82. The summed E-state index contributed by atoms with van der Waals surface area (Å²) in [6.07, 6.45) is 5.18. The Kier molecular flexibility index (Phi) is 3.12. The van der Waals surface area contributed by atoms with Crippen molar-refractivity contribution in [1.29, 1.82) is 0 Å². The zero-order valence-corrected chi connectivity index (χ0v) is 10.4. The number of carbonyl (C=O) groups is 1. The predicted octanol–water partition coefficient (Wildman–Crippen LogP) is 3.21. The van der Waals surface area contributed by atoms with Crippen molar-refractivity contribution in [2.45, 2.75) is 11.9 Å². The Morgan fingerprint density at radius 1 is 1.31 bits per heavy atom. The van der Waals surface area contributed by atoms with Crippen LogP contribution in [0.15, 0.2) is 23.5 Å². The largest absolute Gasteiger partial charge is 0.294 e. The van der Waals surface area contributed by atoms with Crippen LogP contribution in [0.5, 0.6) is 0 Å². The van der Waals surface area contributed by atoms with Crippen LogP contribution >= 0.6 is 23.4 Å². The van der Waals surface area contributed by atoms with Gasteiger partial charge in [-0.2, -0.15) is 0 Å². The molecule has 0 fully saturated rings. The van der Waals surface area contributed by atoms with Crippen molar-refractivity contribution < 1.29 is 4.79 Å². The lowest BCUT2D eigenvalue weighted by Gasteiger charge is -2.06. The van der Waals surface area contributed by atoms with Gasteiger partial charge in [0.15, 0.2) is 5.78 Å². The molecule has 2 aromatic rings. The van der Waals surface area contributed by atoms with Gasteiger partial charge in [-0.05, 0) is 19.2 Å². The molecular weight excluding hydrogens is 244 g/mol. The molecule has 2 heterocycles. The van der Waals surface area contributed by atoms with Crippen LogP contribution < -0.4 is 0 Å². The first-order valence-electron chi connectivity index (χ1n) is 4.62. The minimum Gasteiger partial charge on any atom is -0.294 e. The molecule has 16 heavy (non-hydrogen) atoms. The topological polar surface area (TPSA) is 42.9 Å². The average Bonchev–Trinajstić information content (AvgIpc) is 2.26. The maximum absolute atomic E-state index is 11.5. The summed E-state index contributed by atoms with van der Waals surface area (Å²) in [4.78, 5) is 19.7. The molecule has 0 amide bonds. The molecule has 0 bridgehead atoms. The Hall–Kier alpha value is -1.13. The van der Waals surface area contributed by atoms with Crippen LogP contribution in [0.3, 0.4) is 0 Å². The summed E-state index contributed by atoms with van der Waals surface area (Å²) in [5.74, 6) is -0.0209. The number of halogens is 1. The van der Waals surface area contributed by atoms with E-state index in [1.54, 1.807) is 18.5 Å². The van der Waals surface area contributed by atoms with Gasteiger partial charge in [-0.15, -0.1) is 11.8 Å². The molecule has 0 atom stereocenters. The first-order valence-corrected chi connectivity index (χ1v) is 6.23. The smallest absolute Gasteiger partial charge is 0.161 e. The second-order valence-corrected chi connectivity index (χ2v) is 4.47. The minimum atomic E-state index is -0.0209. The van der Waals surface area contributed by atoms with Gasteiger partial charge in [-0.1, -0.05) is 11.6 Å². The summed E-state index contributed by atoms with van der Waals surface area (Å²) in [6, 6.07) is 1.70. The summed E-state index contributed by atoms with van der Waals surface area (Å²) < 4.78 is 0. The number of thioether (sulfide) groups is 1. The summed E-state index contributed by atoms with van der Waals surface area (Å²) in [5, 5.41) is 2.91. The lowest BCUT2D eigenvalue weighted by Crippen LogP contribution is -1.97. The average molecular weight is 253 g/mol.